The second-order valence-corrected chi connectivity index (χ2v) is 7.69. The van der Waals surface area contributed by atoms with Gasteiger partial charge in [0.1, 0.15) is 11.6 Å². The van der Waals surface area contributed by atoms with Crippen LogP contribution in [0.25, 0.3) is 0 Å². The summed E-state index contributed by atoms with van der Waals surface area (Å²) in [5, 5.41) is 2.73. The molecule has 0 fully saturated rings. The van der Waals surface area contributed by atoms with Gasteiger partial charge >= 0.3 is 0 Å². The number of hydrogen-bond acceptors (Lipinski definition) is 4. The molecule has 0 radical (unpaired) electrons. The van der Waals surface area contributed by atoms with E-state index in [0.29, 0.717) is 5.75 Å². The lowest BCUT2D eigenvalue weighted by Crippen LogP contribution is -2.40. The Labute approximate surface area is 152 Å². The van der Waals surface area contributed by atoms with Crippen LogP contribution >= 0.6 is 0 Å². The molecule has 1 amide bonds. The molecule has 0 aliphatic carbocycles. The summed E-state index contributed by atoms with van der Waals surface area (Å²) in [4.78, 5) is 11.8. The summed E-state index contributed by atoms with van der Waals surface area (Å²) in [6.07, 6.45) is -0.717. The van der Waals surface area contributed by atoms with Gasteiger partial charge in [-0.1, -0.05) is 6.07 Å². The molecule has 0 heterocycles. The third-order valence-corrected chi connectivity index (χ3v) is 4.72. The molecule has 8 heteroatoms. The fourth-order valence-corrected chi connectivity index (χ4v) is 3.17. The zero-order valence-corrected chi connectivity index (χ0v) is 15.5. The van der Waals surface area contributed by atoms with Gasteiger partial charge in [0.15, 0.2) is 6.10 Å². The summed E-state index contributed by atoms with van der Waals surface area (Å²) >= 11 is 0. The molecule has 26 heavy (non-hydrogen) atoms. The summed E-state index contributed by atoms with van der Waals surface area (Å²) in [6.45, 7) is 5.29. The summed E-state index contributed by atoms with van der Waals surface area (Å²) in [5.41, 5.74) is 0.129. The Morgan fingerprint density at radius 1 is 1.08 bits per heavy atom. The third kappa shape index (κ3) is 5.45. The maximum Gasteiger partial charge on any atom is 0.261 e. The fraction of sp³-hybridized carbons (Fsp3) is 0.278. The van der Waals surface area contributed by atoms with Crippen molar-refractivity contribution in [3.8, 4) is 5.75 Å². The van der Waals surface area contributed by atoms with Crippen LogP contribution < -0.4 is 14.8 Å². The monoisotopic (exact) mass is 380 g/mol. The molecule has 0 unspecified atom stereocenters. The third-order valence-electron chi connectivity index (χ3n) is 3.32. The van der Waals surface area contributed by atoms with Crippen molar-refractivity contribution in [3.05, 3.63) is 54.3 Å². The molecule has 2 N–H and O–H groups in total. The maximum atomic E-state index is 13.2. The highest BCUT2D eigenvalue weighted by Crippen LogP contribution is 2.20. The number of hydrogen-bond donors (Lipinski definition) is 2. The van der Waals surface area contributed by atoms with Gasteiger partial charge in [0.2, 0.25) is 0 Å². The first kappa shape index (κ1) is 19.7. The molecule has 0 spiro atoms. The Hall–Kier alpha value is -2.61. The van der Waals surface area contributed by atoms with Gasteiger partial charge < -0.3 is 10.1 Å². The van der Waals surface area contributed by atoms with Crippen molar-refractivity contribution in [2.45, 2.75) is 37.8 Å². The van der Waals surface area contributed by atoms with Crippen molar-refractivity contribution >= 4 is 21.6 Å². The molecule has 0 bridgehead atoms. The summed E-state index contributed by atoms with van der Waals surface area (Å²) in [5.74, 6) is -0.437. The molecule has 0 aliphatic rings. The quantitative estimate of drug-likeness (QED) is 0.774. The second-order valence-electron chi connectivity index (χ2n) is 6.01. The van der Waals surface area contributed by atoms with Crippen molar-refractivity contribution < 1.29 is 22.3 Å². The van der Waals surface area contributed by atoms with Crippen molar-refractivity contribution in [1.82, 2.24) is 5.32 Å². The Balaban J connectivity index is 2.07. The van der Waals surface area contributed by atoms with E-state index < -0.39 is 21.9 Å². The zero-order valence-electron chi connectivity index (χ0n) is 14.7. The standard InChI is InChI=1S/C18H21FN2O4S/c1-12(2)20-18(22)13(3)25-16-7-9-17(10-8-16)26(23,24)21-15-6-4-5-14(19)11-15/h4-13,21H,1-3H3,(H,20,22)/t13-/m0/s1. The summed E-state index contributed by atoms with van der Waals surface area (Å²) < 4.78 is 45.7. The van der Waals surface area contributed by atoms with E-state index in [-0.39, 0.29) is 22.5 Å². The van der Waals surface area contributed by atoms with Crippen molar-refractivity contribution in [2.24, 2.45) is 0 Å². The van der Waals surface area contributed by atoms with Crippen molar-refractivity contribution in [1.29, 1.82) is 0 Å². The van der Waals surface area contributed by atoms with Crippen LogP contribution in [0.15, 0.2) is 53.4 Å². The van der Waals surface area contributed by atoms with Crippen LogP contribution in [-0.2, 0) is 14.8 Å². The molecular weight excluding hydrogens is 359 g/mol. The first-order valence-electron chi connectivity index (χ1n) is 8.03. The van der Waals surface area contributed by atoms with Gasteiger partial charge in [0, 0.05) is 6.04 Å². The van der Waals surface area contributed by atoms with Crippen LogP contribution in [-0.4, -0.2) is 26.5 Å². The molecule has 6 nitrogen and oxygen atoms in total. The number of rotatable bonds is 7. The number of anilines is 1. The molecule has 0 aliphatic heterocycles. The molecule has 140 valence electrons. The number of amides is 1. The van der Waals surface area contributed by atoms with Gasteiger partial charge in [0.25, 0.3) is 15.9 Å². The summed E-state index contributed by atoms with van der Waals surface area (Å²) in [7, 11) is -3.86. The lowest BCUT2D eigenvalue weighted by molar-refractivity contribution is -0.127. The average molecular weight is 380 g/mol. The van der Waals surface area contributed by atoms with Crippen LogP contribution in [0.5, 0.6) is 5.75 Å². The Bertz CT molecular complexity index is 867. The van der Waals surface area contributed by atoms with Gasteiger partial charge in [-0.15, -0.1) is 0 Å². The first-order chi connectivity index (χ1) is 12.2. The predicted octanol–water partition coefficient (Wildman–Crippen LogP) is 2.92. The van der Waals surface area contributed by atoms with E-state index in [1.807, 2.05) is 13.8 Å². The molecule has 0 aromatic heterocycles. The second kappa shape index (κ2) is 8.18. The SMILES string of the molecule is CC(C)NC(=O)[C@H](C)Oc1ccc(S(=O)(=O)Nc2cccc(F)c2)cc1. The molecule has 2 aromatic carbocycles. The number of benzene rings is 2. The van der Waals surface area contributed by atoms with Crippen molar-refractivity contribution in [2.75, 3.05) is 4.72 Å². The number of ether oxygens (including phenoxy) is 1. The molecule has 2 aromatic rings. The molecule has 2 rings (SSSR count). The molecule has 0 saturated heterocycles. The van der Waals surface area contributed by atoms with Crippen molar-refractivity contribution in [3.63, 3.8) is 0 Å². The highest BCUT2D eigenvalue weighted by molar-refractivity contribution is 7.92. The molecule has 1 atom stereocenters. The predicted molar refractivity (Wildman–Crippen MR) is 97.0 cm³/mol. The van der Waals surface area contributed by atoms with Crippen LogP contribution in [0.2, 0.25) is 0 Å². The lowest BCUT2D eigenvalue weighted by Gasteiger charge is -2.16. The minimum Gasteiger partial charge on any atom is -0.481 e. The van der Waals surface area contributed by atoms with E-state index in [0.717, 1.165) is 6.07 Å². The van der Waals surface area contributed by atoms with Gasteiger partial charge in [0.05, 0.1) is 10.6 Å². The van der Waals surface area contributed by atoms with Gasteiger partial charge in [-0.3, -0.25) is 9.52 Å². The van der Waals surface area contributed by atoms with Gasteiger partial charge in [-0.25, -0.2) is 12.8 Å². The molecule has 0 saturated carbocycles. The number of halogens is 1. The topological polar surface area (TPSA) is 84.5 Å². The van der Waals surface area contributed by atoms with E-state index >= 15 is 0 Å². The van der Waals surface area contributed by atoms with Crippen LogP contribution in [0, 0.1) is 5.82 Å². The van der Waals surface area contributed by atoms with Crippen LogP contribution in [0.1, 0.15) is 20.8 Å². The molecular formula is C18H21FN2O4S. The highest BCUT2D eigenvalue weighted by Gasteiger charge is 2.17. The highest BCUT2D eigenvalue weighted by atomic mass is 32.2. The van der Waals surface area contributed by atoms with E-state index in [1.54, 1.807) is 6.92 Å². The number of carbonyl (C=O) groups is 1. The van der Waals surface area contributed by atoms with Crippen LogP contribution in [0.4, 0.5) is 10.1 Å². The van der Waals surface area contributed by atoms with E-state index in [1.165, 1.54) is 42.5 Å². The Morgan fingerprint density at radius 2 is 1.73 bits per heavy atom. The van der Waals surface area contributed by atoms with E-state index in [2.05, 4.69) is 10.0 Å². The number of sulfonamides is 1. The van der Waals surface area contributed by atoms with E-state index in [9.17, 15) is 17.6 Å². The van der Waals surface area contributed by atoms with Gasteiger partial charge in [-0.2, -0.15) is 0 Å². The number of carbonyl (C=O) groups excluding carboxylic acids is 1. The largest absolute Gasteiger partial charge is 0.481 e. The first-order valence-corrected chi connectivity index (χ1v) is 9.51. The minimum atomic E-state index is -3.86. The van der Waals surface area contributed by atoms with E-state index in [4.69, 9.17) is 4.74 Å². The minimum absolute atomic E-state index is 0.00466. The Morgan fingerprint density at radius 3 is 2.31 bits per heavy atom. The lowest BCUT2D eigenvalue weighted by atomic mass is 10.3. The number of nitrogens with one attached hydrogen (secondary N) is 2. The zero-order chi connectivity index (χ0) is 19.3. The smallest absolute Gasteiger partial charge is 0.261 e. The fourth-order valence-electron chi connectivity index (χ4n) is 2.12. The van der Waals surface area contributed by atoms with Crippen LogP contribution in [0.3, 0.4) is 0 Å². The Kier molecular flexibility index (Phi) is 6.20. The average Bonchev–Trinajstić information content (AvgIpc) is 2.54. The summed E-state index contributed by atoms with van der Waals surface area (Å²) in [6, 6.07) is 10.8. The van der Waals surface area contributed by atoms with Gasteiger partial charge in [-0.05, 0) is 63.2 Å². The normalized spacial score (nSPS) is 12.5. The maximum absolute atomic E-state index is 13.2.